The number of nitrogens with zero attached hydrogens (tertiary/aromatic N) is 2. The molecule has 1 aromatic heterocycles. The van der Waals surface area contributed by atoms with Crippen LogP contribution < -0.4 is 10.1 Å². The van der Waals surface area contributed by atoms with Crippen LogP contribution in [0.2, 0.25) is 0 Å². The lowest BCUT2D eigenvalue weighted by molar-refractivity contribution is -0.135. The number of urea groups is 1. The van der Waals surface area contributed by atoms with Crippen LogP contribution in [-0.4, -0.2) is 54.0 Å². The molecule has 6 nitrogen and oxygen atoms in total. The van der Waals surface area contributed by atoms with Gasteiger partial charge in [0, 0.05) is 24.0 Å². The van der Waals surface area contributed by atoms with Crippen LogP contribution in [0.4, 0.5) is 4.79 Å². The van der Waals surface area contributed by atoms with Gasteiger partial charge in [0.1, 0.15) is 18.9 Å². The minimum Gasteiger partial charge on any atom is -0.491 e. The van der Waals surface area contributed by atoms with Gasteiger partial charge in [0.15, 0.2) is 0 Å². The van der Waals surface area contributed by atoms with Crippen molar-refractivity contribution in [1.82, 2.24) is 15.1 Å². The number of benzene rings is 1. The zero-order valence-corrected chi connectivity index (χ0v) is 20.7. The largest absolute Gasteiger partial charge is 0.491 e. The molecule has 3 amide bonds. The normalized spacial score (nSPS) is 17.6. The van der Waals surface area contributed by atoms with Crippen LogP contribution in [-0.2, 0) is 11.2 Å². The monoisotopic (exact) mass is 469 g/mol. The van der Waals surface area contributed by atoms with Gasteiger partial charge >= 0.3 is 6.03 Å². The summed E-state index contributed by atoms with van der Waals surface area (Å²) in [5, 5.41) is 5.03. The Morgan fingerprint density at radius 3 is 2.64 bits per heavy atom. The molecule has 0 radical (unpaired) electrons. The summed E-state index contributed by atoms with van der Waals surface area (Å²) in [4.78, 5) is 31.1. The Kier molecular flexibility index (Phi) is 7.58. The SMILES string of the molecule is CCCNC(=O)N(CC(=O)N1CCc2sccc2C1COc1ccc(C(C)C)cc1)C1CC1. The lowest BCUT2D eigenvalue weighted by Crippen LogP contribution is -2.50. The number of hydrogen-bond donors (Lipinski definition) is 1. The van der Waals surface area contributed by atoms with Crippen molar-refractivity contribution in [2.24, 2.45) is 0 Å². The first-order valence-electron chi connectivity index (χ1n) is 12.1. The fourth-order valence-corrected chi connectivity index (χ4v) is 5.25. The second-order valence-electron chi connectivity index (χ2n) is 9.28. The van der Waals surface area contributed by atoms with Gasteiger partial charge in [-0.1, -0.05) is 32.9 Å². The van der Waals surface area contributed by atoms with E-state index in [2.05, 4.69) is 42.7 Å². The number of carbonyl (C=O) groups is 2. The zero-order chi connectivity index (χ0) is 23.4. The number of hydrogen-bond acceptors (Lipinski definition) is 4. The van der Waals surface area contributed by atoms with Crippen molar-refractivity contribution in [3.8, 4) is 5.75 Å². The molecule has 2 aliphatic rings. The highest BCUT2D eigenvalue weighted by molar-refractivity contribution is 7.10. The van der Waals surface area contributed by atoms with Crippen LogP contribution in [0.5, 0.6) is 5.75 Å². The lowest BCUT2D eigenvalue weighted by atomic mass is 10.00. The zero-order valence-electron chi connectivity index (χ0n) is 19.9. The fourth-order valence-electron chi connectivity index (χ4n) is 4.32. The van der Waals surface area contributed by atoms with Gasteiger partial charge in [0.05, 0.1) is 6.04 Å². The number of thiophene rings is 1. The molecule has 4 rings (SSSR count). The van der Waals surface area contributed by atoms with E-state index in [0.29, 0.717) is 25.6 Å². The van der Waals surface area contributed by atoms with Gasteiger partial charge in [0.2, 0.25) is 5.91 Å². The third-order valence-electron chi connectivity index (χ3n) is 6.45. The van der Waals surface area contributed by atoms with E-state index in [4.69, 9.17) is 4.74 Å². The molecule has 1 fully saturated rings. The summed E-state index contributed by atoms with van der Waals surface area (Å²) in [6, 6.07) is 10.2. The Bertz CT molecular complexity index is 952. The third-order valence-corrected chi connectivity index (χ3v) is 7.45. The van der Waals surface area contributed by atoms with E-state index in [1.54, 1.807) is 16.2 Å². The van der Waals surface area contributed by atoms with Crippen molar-refractivity contribution in [3.05, 3.63) is 51.7 Å². The van der Waals surface area contributed by atoms with Crippen LogP contribution in [0.3, 0.4) is 0 Å². The quantitative estimate of drug-likeness (QED) is 0.565. The highest BCUT2D eigenvalue weighted by Gasteiger charge is 2.37. The molecule has 1 saturated carbocycles. The van der Waals surface area contributed by atoms with Crippen molar-refractivity contribution in [2.75, 3.05) is 26.2 Å². The summed E-state index contributed by atoms with van der Waals surface area (Å²) < 4.78 is 6.17. The molecule has 2 aromatic rings. The highest BCUT2D eigenvalue weighted by Crippen LogP contribution is 2.35. The predicted molar refractivity (Wildman–Crippen MR) is 132 cm³/mol. The number of nitrogens with one attached hydrogen (secondary N) is 1. The molecule has 7 heteroatoms. The maximum atomic E-state index is 13.4. The first kappa shape index (κ1) is 23.6. The van der Waals surface area contributed by atoms with Gasteiger partial charge in [0.25, 0.3) is 0 Å². The number of amides is 3. The Labute approximate surface area is 200 Å². The molecule has 1 N–H and O–H groups in total. The fraction of sp³-hybridized carbons (Fsp3) is 0.538. The van der Waals surface area contributed by atoms with Gasteiger partial charge in [-0.3, -0.25) is 4.79 Å². The van der Waals surface area contributed by atoms with Crippen LogP contribution in [0.25, 0.3) is 0 Å². The van der Waals surface area contributed by atoms with E-state index in [0.717, 1.165) is 31.4 Å². The van der Waals surface area contributed by atoms with Crippen LogP contribution in [0.1, 0.15) is 68.0 Å². The van der Waals surface area contributed by atoms with Crippen LogP contribution in [0, 0.1) is 0 Å². The van der Waals surface area contributed by atoms with E-state index >= 15 is 0 Å². The Morgan fingerprint density at radius 1 is 1.21 bits per heavy atom. The number of ether oxygens (including phenoxy) is 1. The summed E-state index contributed by atoms with van der Waals surface area (Å²) in [5.41, 5.74) is 2.45. The van der Waals surface area contributed by atoms with E-state index in [9.17, 15) is 9.59 Å². The lowest BCUT2D eigenvalue weighted by Gasteiger charge is -2.37. The van der Waals surface area contributed by atoms with Crippen molar-refractivity contribution in [3.63, 3.8) is 0 Å². The molecule has 178 valence electrons. The molecule has 2 heterocycles. The molecule has 1 aliphatic heterocycles. The van der Waals surface area contributed by atoms with Gasteiger partial charge in [-0.15, -0.1) is 11.3 Å². The molecule has 0 saturated heterocycles. The van der Waals surface area contributed by atoms with Crippen LogP contribution >= 0.6 is 11.3 Å². The predicted octanol–water partition coefficient (Wildman–Crippen LogP) is 4.96. The Balaban J connectivity index is 1.46. The minimum atomic E-state index is -0.142. The van der Waals surface area contributed by atoms with Gasteiger partial charge in [-0.2, -0.15) is 0 Å². The second kappa shape index (κ2) is 10.6. The molecule has 1 aliphatic carbocycles. The van der Waals surface area contributed by atoms with E-state index in [1.807, 2.05) is 24.0 Å². The van der Waals surface area contributed by atoms with Crippen molar-refractivity contribution in [1.29, 1.82) is 0 Å². The van der Waals surface area contributed by atoms with Crippen molar-refractivity contribution >= 4 is 23.3 Å². The molecule has 0 spiro atoms. The first-order valence-corrected chi connectivity index (χ1v) is 13.0. The molecule has 1 atom stereocenters. The van der Waals surface area contributed by atoms with Crippen molar-refractivity contribution in [2.45, 2.75) is 64.5 Å². The molecule has 0 bridgehead atoms. The number of rotatable bonds is 9. The molecule has 33 heavy (non-hydrogen) atoms. The summed E-state index contributed by atoms with van der Waals surface area (Å²) in [6.07, 6.45) is 3.67. The molecule has 1 aromatic carbocycles. The van der Waals surface area contributed by atoms with Gasteiger partial charge < -0.3 is 19.9 Å². The smallest absolute Gasteiger partial charge is 0.318 e. The van der Waals surface area contributed by atoms with Crippen molar-refractivity contribution < 1.29 is 14.3 Å². The summed E-state index contributed by atoms with van der Waals surface area (Å²) in [5.74, 6) is 1.28. The van der Waals surface area contributed by atoms with E-state index < -0.39 is 0 Å². The maximum absolute atomic E-state index is 13.4. The van der Waals surface area contributed by atoms with E-state index in [-0.39, 0.29) is 30.6 Å². The molecule has 1 unspecified atom stereocenters. The van der Waals surface area contributed by atoms with Gasteiger partial charge in [-0.05, 0) is 66.3 Å². The Morgan fingerprint density at radius 2 is 1.97 bits per heavy atom. The van der Waals surface area contributed by atoms with E-state index in [1.165, 1.54) is 16.0 Å². The summed E-state index contributed by atoms with van der Waals surface area (Å²) in [7, 11) is 0. The number of carbonyl (C=O) groups excluding carboxylic acids is 2. The number of fused-ring (bicyclic) bond motifs is 1. The first-order chi connectivity index (χ1) is 16.0. The summed E-state index contributed by atoms with van der Waals surface area (Å²) >= 11 is 1.74. The standard InChI is InChI=1S/C26H35N3O3S/c1-4-13-27-26(31)29(20-7-8-20)16-25(30)28-14-11-24-22(12-15-33-24)23(28)17-32-21-9-5-19(6-10-21)18(2)3/h5-6,9-10,12,15,18,20,23H,4,7-8,11,13-14,16-17H2,1-3H3,(H,27,31). The Hall–Kier alpha value is -2.54. The topological polar surface area (TPSA) is 61.9 Å². The summed E-state index contributed by atoms with van der Waals surface area (Å²) in [6.45, 7) is 8.19. The average Bonchev–Trinajstić information content (AvgIpc) is 3.55. The maximum Gasteiger partial charge on any atom is 0.318 e. The average molecular weight is 470 g/mol. The molecular formula is C26H35N3O3S. The third kappa shape index (κ3) is 5.69. The van der Waals surface area contributed by atoms with Crippen LogP contribution in [0.15, 0.2) is 35.7 Å². The van der Waals surface area contributed by atoms with Gasteiger partial charge in [-0.25, -0.2) is 4.79 Å². The minimum absolute atomic E-state index is 0.00541. The highest BCUT2D eigenvalue weighted by atomic mass is 32.1. The molecular weight excluding hydrogens is 434 g/mol. The second-order valence-corrected chi connectivity index (χ2v) is 10.3.